The lowest BCUT2D eigenvalue weighted by molar-refractivity contribution is 0.941. The molecule has 0 aliphatic rings. The van der Waals surface area contributed by atoms with Crippen molar-refractivity contribution in [3.8, 4) is 0 Å². The largest absolute Gasteiger partial charge is 0.241 e. The van der Waals surface area contributed by atoms with Crippen molar-refractivity contribution < 1.29 is 0 Å². The summed E-state index contributed by atoms with van der Waals surface area (Å²) in [6, 6.07) is 3.89. The molecule has 24 heavy (non-hydrogen) atoms. The molecular weight excluding hydrogens is 300 g/mol. The van der Waals surface area contributed by atoms with E-state index < -0.39 is 0 Å². The van der Waals surface area contributed by atoms with E-state index >= 15 is 0 Å². The summed E-state index contributed by atoms with van der Waals surface area (Å²) >= 11 is 0. The van der Waals surface area contributed by atoms with Crippen LogP contribution in [-0.2, 0) is 0 Å². The Morgan fingerprint density at radius 1 is 0.500 bits per heavy atom. The van der Waals surface area contributed by atoms with Crippen molar-refractivity contribution in [2.75, 3.05) is 0 Å². The molecule has 0 fully saturated rings. The molecule has 0 unspecified atom stereocenters. The second-order valence-corrected chi connectivity index (χ2v) is 5.43. The molecule has 6 heteroatoms. The third-order valence-corrected chi connectivity index (χ3v) is 2.75. The Kier molecular flexibility index (Phi) is 8.11. The van der Waals surface area contributed by atoms with Crippen molar-refractivity contribution in [3.05, 3.63) is 71.1 Å². The lowest BCUT2D eigenvalue weighted by atomic mass is 10.4. The number of rotatable bonds is 0. The summed E-state index contributed by atoms with van der Waals surface area (Å²) < 4.78 is 0. The second-order valence-electron chi connectivity index (χ2n) is 5.43. The van der Waals surface area contributed by atoms with Crippen LogP contribution in [-0.4, -0.2) is 30.1 Å². The maximum Gasteiger partial charge on any atom is 0.125 e. The second kappa shape index (κ2) is 10.1. The van der Waals surface area contributed by atoms with E-state index in [1.165, 1.54) is 0 Å². The number of nitrogens with zero attached hydrogens (tertiary/aromatic N) is 6. The van der Waals surface area contributed by atoms with Gasteiger partial charge in [-0.05, 0) is 64.8 Å². The topological polar surface area (TPSA) is 77.3 Å². The highest BCUT2D eigenvalue weighted by molar-refractivity contribution is 5.03. The van der Waals surface area contributed by atoms with Crippen LogP contribution in [0, 0.1) is 41.5 Å². The zero-order valence-corrected chi connectivity index (χ0v) is 15.1. The summed E-state index contributed by atoms with van der Waals surface area (Å²) in [4.78, 5) is 15.9. The van der Waals surface area contributed by atoms with Crippen molar-refractivity contribution in [2.24, 2.45) is 0 Å². The Morgan fingerprint density at radius 2 is 0.792 bits per heavy atom. The fourth-order valence-electron chi connectivity index (χ4n) is 1.38. The minimum atomic E-state index is 0.829. The molecule has 0 radical (unpaired) electrons. The van der Waals surface area contributed by atoms with E-state index in [-0.39, 0.29) is 0 Å². The number of hydrogen-bond donors (Lipinski definition) is 0. The molecule has 0 spiro atoms. The fourth-order valence-corrected chi connectivity index (χ4v) is 1.38. The SMILES string of the molecule is Cc1ccc(C)nn1.Cc1cnc(C)nc1.Cc1cnc(C)nc1. The Bertz CT molecular complexity index is 540. The van der Waals surface area contributed by atoms with Crippen LogP contribution in [0.3, 0.4) is 0 Å². The zero-order valence-electron chi connectivity index (χ0n) is 15.1. The van der Waals surface area contributed by atoms with Crippen LogP contribution in [0.5, 0.6) is 0 Å². The van der Waals surface area contributed by atoms with Gasteiger partial charge in [0.15, 0.2) is 0 Å². The molecule has 0 N–H and O–H groups in total. The van der Waals surface area contributed by atoms with E-state index in [9.17, 15) is 0 Å². The smallest absolute Gasteiger partial charge is 0.125 e. The Hall–Kier alpha value is -2.76. The first-order valence-electron chi connectivity index (χ1n) is 7.64. The first kappa shape index (κ1) is 19.3. The van der Waals surface area contributed by atoms with Gasteiger partial charge in [-0.25, -0.2) is 19.9 Å². The summed E-state index contributed by atoms with van der Waals surface area (Å²) in [5.74, 6) is 1.66. The first-order valence-corrected chi connectivity index (χ1v) is 7.64. The summed E-state index contributed by atoms with van der Waals surface area (Å²) in [5.41, 5.74) is 4.15. The monoisotopic (exact) mass is 324 g/mol. The third-order valence-electron chi connectivity index (χ3n) is 2.75. The molecule has 0 saturated heterocycles. The molecule has 6 nitrogen and oxygen atoms in total. The van der Waals surface area contributed by atoms with E-state index in [0.717, 1.165) is 34.2 Å². The van der Waals surface area contributed by atoms with Crippen molar-refractivity contribution in [3.63, 3.8) is 0 Å². The van der Waals surface area contributed by atoms with Crippen LogP contribution in [0.2, 0.25) is 0 Å². The van der Waals surface area contributed by atoms with E-state index in [2.05, 4.69) is 30.1 Å². The third kappa shape index (κ3) is 8.63. The van der Waals surface area contributed by atoms with Gasteiger partial charge in [0.25, 0.3) is 0 Å². The van der Waals surface area contributed by atoms with E-state index in [1.54, 1.807) is 0 Å². The fraction of sp³-hybridized carbons (Fsp3) is 0.333. The molecule has 0 amide bonds. The van der Waals surface area contributed by atoms with Gasteiger partial charge < -0.3 is 0 Å². The molecule has 0 aromatic carbocycles. The molecule has 3 aromatic heterocycles. The van der Waals surface area contributed by atoms with Crippen molar-refractivity contribution in [2.45, 2.75) is 41.5 Å². The molecule has 0 saturated carbocycles. The van der Waals surface area contributed by atoms with Gasteiger partial charge >= 0.3 is 0 Å². The lowest BCUT2D eigenvalue weighted by Crippen LogP contribution is -1.86. The van der Waals surface area contributed by atoms with Crippen LogP contribution in [0.15, 0.2) is 36.9 Å². The highest BCUT2D eigenvalue weighted by Gasteiger charge is 1.84. The number of aromatic nitrogens is 6. The average molecular weight is 324 g/mol. The normalized spacial score (nSPS) is 9.25. The predicted molar refractivity (Wildman–Crippen MR) is 94.5 cm³/mol. The molecule has 0 bridgehead atoms. The van der Waals surface area contributed by atoms with E-state index in [0.29, 0.717) is 0 Å². The predicted octanol–water partition coefficient (Wildman–Crippen LogP) is 3.28. The van der Waals surface area contributed by atoms with Crippen LogP contribution in [0.25, 0.3) is 0 Å². The number of aryl methyl sites for hydroxylation is 6. The highest BCUT2D eigenvalue weighted by Crippen LogP contribution is 1.91. The standard InChI is InChI=1S/3C6H8N2/c2*1-5-3-7-6(2)8-4-5;1-5-3-4-6(2)8-7-5/h3*3-4H,1-2H3. The molecule has 0 aliphatic heterocycles. The first-order chi connectivity index (χ1) is 11.4. The summed E-state index contributed by atoms with van der Waals surface area (Å²) in [6.45, 7) is 11.5. The van der Waals surface area contributed by atoms with Crippen LogP contribution < -0.4 is 0 Å². The lowest BCUT2D eigenvalue weighted by Gasteiger charge is -1.88. The minimum absolute atomic E-state index is 0.829. The Morgan fingerprint density at radius 3 is 1.00 bits per heavy atom. The molecule has 3 heterocycles. The van der Waals surface area contributed by atoms with Gasteiger partial charge in [0, 0.05) is 24.8 Å². The van der Waals surface area contributed by atoms with Gasteiger partial charge in [0.1, 0.15) is 11.6 Å². The maximum absolute atomic E-state index is 3.97. The summed E-state index contributed by atoms with van der Waals surface area (Å²) in [7, 11) is 0. The van der Waals surface area contributed by atoms with E-state index in [4.69, 9.17) is 0 Å². The molecule has 3 aromatic rings. The molecule has 126 valence electrons. The van der Waals surface area contributed by atoms with E-state index in [1.807, 2.05) is 78.5 Å². The Labute approximate surface area is 143 Å². The van der Waals surface area contributed by atoms with Gasteiger partial charge in [-0.1, -0.05) is 0 Å². The van der Waals surface area contributed by atoms with Crippen LogP contribution in [0.1, 0.15) is 34.2 Å². The summed E-state index contributed by atoms with van der Waals surface area (Å²) in [5, 5.41) is 7.66. The van der Waals surface area contributed by atoms with Gasteiger partial charge in [0.2, 0.25) is 0 Å². The molecule has 0 aliphatic carbocycles. The van der Waals surface area contributed by atoms with Crippen molar-refractivity contribution in [1.29, 1.82) is 0 Å². The highest BCUT2D eigenvalue weighted by atomic mass is 15.1. The Balaban J connectivity index is 0.000000180. The van der Waals surface area contributed by atoms with Gasteiger partial charge in [-0.15, -0.1) is 0 Å². The average Bonchev–Trinajstić information content (AvgIpc) is 2.57. The molecule has 0 atom stereocenters. The zero-order chi connectivity index (χ0) is 17.9. The van der Waals surface area contributed by atoms with Crippen molar-refractivity contribution >= 4 is 0 Å². The van der Waals surface area contributed by atoms with Crippen LogP contribution >= 0.6 is 0 Å². The number of hydrogen-bond acceptors (Lipinski definition) is 6. The quantitative estimate of drug-likeness (QED) is 0.631. The minimum Gasteiger partial charge on any atom is -0.241 e. The van der Waals surface area contributed by atoms with Crippen molar-refractivity contribution in [1.82, 2.24) is 30.1 Å². The summed E-state index contributed by atoms with van der Waals surface area (Å²) in [6.07, 6.45) is 7.23. The molecular formula is C18H24N6. The van der Waals surface area contributed by atoms with Crippen LogP contribution in [0.4, 0.5) is 0 Å². The van der Waals surface area contributed by atoms with Gasteiger partial charge in [-0.2, -0.15) is 10.2 Å². The van der Waals surface area contributed by atoms with Gasteiger partial charge in [-0.3, -0.25) is 0 Å². The molecule has 3 rings (SSSR count). The maximum atomic E-state index is 3.97. The van der Waals surface area contributed by atoms with Gasteiger partial charge in [0.05, 0.1) is 11.4 Å².